The zero-order chi connectivity index (χ0) is 22.1. The lowest BCUT2D eigenvalue weighted by atomic mass is 10.1. The van der Waals surface area contributed by atoms with Crippen molar-refractivity contribution < 1.29 is 18.3 Å². The van der Waals surface area contributed by atoms with Gasteiger partial charge in [0.05, 0.1) is 17.4 Å². The maximum atomic E-state index is 14.4. The van der Waals surface area contributed by atoms with Gasteiger partial charge in [0.15, 0.2) is 11.6 Å². The van der Waals surface area contributed by atoms with Crippen molar-refractivity contribution in [2.45, 2.75) is 31.8 Å². The van der Waals surface area contributed by atoms with E-state index in [-0.39, 0.29) is 23.1 Å². The molecule has 1 fully saturated rings. The summed E-state index contributed by atoms with van der Waals surface area (Å²) in [5.41, 5.74) is 2.08. The fourth-order valence-electron chi connectivity index (χ4n) is 3.81. The normalized spacial score (nSPS) is 14.1. The number of halogens is 2. The molecule has 1 aliphatic carbocycles. The molecule has 2 N–H and O–H groups in total. The number of amides is 1. The number of carbonyl (C=O) groups excluding carboxylic acids is 1. The van der Waals surface area contributed by atoms with Crippen LogP contribution in [-0.4, -0.2) is 32.4 Å². The Bertz CT molecular complexity index is 1300. The molecule has 0 aliphatic heterocycles. The highest BCUT2D eigenvalue weighted by Gasteiger charge is 2.19. The van der Waals surface area contributed by atoms with Crippen molar-refractivity contribution in [1.82, 2.24) is 20.4 Å². The number of hydrogen-bond donors (Lipinski definition) is 2. The molecule has 1 amide bonds. The van der Waals surface area contributed by atoms with E-state index in [2.05, 4.69) is 25.7 Å². The molecule has 0 spiro atoms. The summed E-state index contributed by atoms with van der Waals surface area (Å²) in [6, 6.07) is 11.7. The monoisotopic (exact) mass is 435 g/mol. The lowest BCUT2D eigenvalue weighted by Crippen LogP contribution is -2.15. The number of pyridine rings is 1. The van der Waals surface area contributed by atoms with Crippen LogP contribution in [0.15, 0.2) is 48.5 Å². The van der Waals surface area contributed by atoms with E-state index in [1.165, 1.54) is 36.4 Å². The van der Waals surface area contributed by atoms with Crippen molar-refractivity contribution in [3.05, 3.63) is 65.7 Å². The van der Waals surface area contributed by atoms with Crippen LogP contribution in [0.25, 0.3) is 22.4 Å². The van der Waals surface area contributed by atoms with Crippen molar-refractivity contribution >= 4 is 22.8 Å². The van der Waals surface area contributed by atoms with Gasteiger partial charge in [-0.1, -0.05) is 0 Å². The molecule has 4 aromatic rings. The fraction of sp³-hybridized carbons (Fsp3) is 0.217. The predicted octanol–water partition coefficient (Wildman–Crippen LogP) is 4.87. The lowest BCUT2D eigenvalue weighted by molar-refractivity contribution is 0.102. The Kier molecular flexibility index (Phi) is 5.22. The third-order valence-corrected chi connectivity index (χ3v) is 5.47. The number of nitrogens with one attached hydrogen (secondary N) is 2. The number of carbonyl (C=O) groups is 1. The molecule has 7 nitrogen and oxygen atoms in total. The van der Waals surface area contributed by atoms with Crippen LogP contribution in [0.3, 0.4) is 0 Å². The Morgan fingerprint density at radius 1 is 1.00 bits per heavy atom. The van der Waals surface area contributed by atoms with Gasteiger partial charge in [0.2, 0.25) is 5.65 Å². The van der Waals surface area contributed by atoms with E-state index in [9.17, 15) is 13.6 Å². The van der Waals surface area contributed by atoms with E-state index in [0.717, 1.165) is 25.7 Å². The second-order valence-electron chi connectivity index (χ2n) is 7.68. The Morgan fingerprint density at radius 3 is 2.66 bits per heavy atom. The van der Waals surface area contributed by atoms with E-state index in [1.54, 1.807) is 12.1 Å². The molecule has 2 heterocycles. The topological polar surface area (TPSA) is 92.8 Å². The first-order chi connectivity index (χ1) is 15.6. The van der Waals surface area contributed by atoms with Gasteiger partial charge in [-0.25, -0.2) is 13.8 Å². The Labute approximate surface area is 181 Å². The second-order valence-corrected chi connectivity index (χ2v) is 7.68. The van der Waals surface area contributed by atoms with Crippen LogP contribution in [0.4, 0.5) is 14.5 Å². The minimum Gasteiger partial charge on any atom is -0.487 e. The van der Waals surface area contributed by atoms with Crippen LogP contribution in [0, 0.1) is 11.6 Å². The van der Waals surface area contributed by atoms with E-state index >= 15 is 0 Å². The summed E-state index contributed by atoms with van der Waals surface area (Å²) in [5, 5.41) is 12.9. The summed E-state index contributed by atoms with van der Waals surface area (Å²) >= 11 is 0. The van der Waals surface area contributed by atoms with Crippen molar-refractivity contribution in [3.63, 3.8) is 0 Å². The molecule has 0 radical (unpaired) electrons. The number of benzene rings is 2. The highest BCUT2D eigenvalue weighted by atomic mass is 19.1. The van der Waals surface area contributed by atoms with Crippen molar-refractivity contribution in [3.8, 4) is 17.0 Å². The van der Waals surface area contributed by atoms with Gasteiger partial charge in [-0.3, -0.25) is 4.79 Å². The molecule has 1 aliphatic rings. The third kappa shape index (κ3) is 4.01. The highest BCUT2D eigenvalue weighted by molar-refractivity contribution is 6.05. The molecule has 2 aromatic heterocycles. The summed E-state index contributed by atoms with van der Waals surface area (Å²) < 4.78 is 34.6. The average molecular weight is 435 g/mol. The number of ether oxygens (including phenoxy) is 1. The molecule has 2 aromatic carbocycles. The number of anilines is 1. The Hall–Kier alpha value is -3.88. The van der Waals surface area contributed by atoms with Crippen molar-refractivity contribution in [1.29, 1.82) is 0 Å². The standard InChI is InChI=1S/C23H19F2N5O2/c24-17-7-5-13(19-8-9-20-22(27-19)29-30-28-20)11-16(17)23(31)26-14-6-10-21(18(25)12-14)32-15-3-1-2-4-15/h5-12,15H,1-4H2,(H,26,31)(H,27,28,29,30). The summed E-state index contributed by atoms with van der Waals surface area (Å²) in [6.45, 7) is 0. The summed E-state index contributed by atoms with van der Waals surface area (Å²) in [4.78, 5) is 17.1. The van der Waals surface area contributed by atoms with Crippen LogP contribution in [-0.2, 0) is 0 Å². The van der Waals surface area contributed by atoms with Gasteiger partial charge < -0.3 is 10.1 Å². The molecule has 5 rings (SSSR count). The van der Waals surface area contributed by atoms with Crippen LogP contribution in [0.1, 0.15) is 36.0 Å². The van der Waals surface area contributed by atoms with Gasteiger partial charge in [-0.15, -0.1) is 5.10 Å². The first-order valence-electron chi connectivity index (χ1n) is 10.3. The molecular formula is C23H19F2N5O2. The minimum absolute atomic E-state index is 0.0202. The van der Waals surface area contributed by atoms with E-state index in [0.29, 0.717) is 22.4 Å². The van der Waals surface area contributed by atoms with Gasteiger partial charge in [0.1, 0.15) is 11.3 Å². The van der Waals surface area contributed by atoms with Crippen LogP contribution >= 0.6 is 0 Å². The molecular weight excluding hydrogens is 416 g/mol. The van der Waals surface area contributed by atoms with Gasteiger partial charge in [-0.05, 0) is 68.1 Å². The molecule has 0 saturated heterocycles. The summed E-state index contributed by atoms with van der Waals surface area (Å²) in [7, 11) is 0. The van der Waals surface area contributed by atoms with Gasteiger partial charge >= 0.3 is 0 Å². The molecule has 0 unspecified atom stereocenters. The van der Waals surface area contributed by atoms with Crippen molar-refractivity contribution in [2.24, 2.45) is 0 Å². The smallest absolute Gasteiger partial charge is 0.258 e. The van der Waals surface area contributed by atoms with Gasteiger partial charge in [0, 0.05) is 17.3 Å². The number of fused-ring (bicyclic) bond motifs is 1. The number of rotatable bonds is 5. The third-order valence-electron chi connectivity index (χ3n) is 5.47. The van der Waals surface area contributed by atoms with E-state index < -0.39 is 17.5 Å². The number of hydrogen-bond acceptors (Lipinski definition) is 5. The lowest BCUT2D eigenvalue weighted by Gasteiger charge is -2.14. The molecule has 1 saturated carbocycles. The number of nitrogens with zero attached hydrogens (tertiary/aromatic N) is 3. The molecule has 162 valence electrons. The predicted molar refractivity (Wildman–Crippen MR) is 114 cm³/mol. The molecule has 9 heteroatoms. The molecule has 0 bridgehead atoms. The van der Waals surface area contributed by atoms with E-state index in [1.807, 2.05) is 0 Å². The average Bonchev–Trinajstić information content (AvgIpc) is 3.47. The second kappa shape index (κ2) is 8.33. The minimum atomic E-state index is -0.699. The molecule has 32 heavy (non-hydrogen) atoms. The Balaban J connectivity index is 1.36. The zero-order valence-corrected chi connectivity index (χ0v) is 16.9. The van der Waals surface area contributed by atoms with E-state index in [4.69, 9.17) is 4.74 Å². The largest absolute Gasteiger partial charge is 0.487 e. The summed E-state index contributed by atoms with van der Waals surface area (Å²) in [6.07, 6.45) is 3.99. The SMILES string of the molecule is O=C(Nc1ccc(OC2CCCC2)c(F)c1)c1cc(-c2ccc3n[nH]nc3n2)ccc1F. The Morgan fingerprint density at radius 2 is 1.84 bits per heavy atom. The first kappa shape index (κ1) is 20.0. The number of aromatic amines is 1. The van der Waals surface area contributed by atoms with Gasteiger partial charge in [-0.2, -0.15) is 10.3 Å². The van der Waals surface area contributed by atoms with Crippen molar-refractivity contribution in [2.75, 3.05) is 5.32 Å². The number of H-pyrrole nitrogens is 1. The van der Waals surface area contributed by atoms with Crippen LogP contribution in [0.5, 0.6) is 5.75 Å². The van der Waals surface area contributed by atoms with Crippen LogP contribution < -0.4 is 10.1 Å². The fourth-order valence-corrected chi connectivity index (χ4v) is 3.81. The summed E-state index contributed by atoms with van der Waals surface area (Å²) in [5.74, 6) is -1.82. The first-order valence-corrected chi connectivity index (χ1v) is 10.3. The zero-order valence-electron chi connectivity index (χ0n) is 16.9. The maximum absolute atomic E-state index is 14.4. The highest BCUT2D eigenvalue weighted by Crippen LogP contribution is 2.28. The van der Waals surface area contributed by atoms with Gasteiger partial charge in [0.25, 0.3) is 5.91 Å². The van der Waals surface area contributed by atoms with Crippen LogP contribution in [0.2, 0.25) is 0 Å². The number of aromatic nitrogens is 4. The maximum Gasteiger partial charge on any atom is 0.258 e. The quantitative estimate of drug-likeness (QED) is 0.467. The molecule has 0 atom stereocenters.